The predicted molar refractivity (Wildman–Crippen MR) is 128 cm³/mol. The number of para-hydroxylation sites is 1. The number of hydrogen-bond acceptors (Lipinski definition) is 6. The molecule has 2 atom stereocenters. The molecule has 1 aromatic heterocycles. The van der Waals surface area contributed by atoms with Gasteiger partial charge in [0.05, 0.1) is 22.8 Å². The Morgan fingerprint density at radius 3 is 2.74 bits per heavy atom. The maximum Gasteiger partial charge on any atom is 0.309 e. The van der Waals surface area contributed by atoms with E-state index in [-0.39, 0.29) is 30.4 Å². The minimum absolute atomic E-state index is 0.0473. The molecule has 0 unspecified atom stereocenters. The lowest BCUT2D eigenvalue weighted by Crippen LogP contribution is -2.29. The van der Waals surface area contributed by atoms with Crippen LogP contribution in [0.3, 0.4) is 0 Å². The summed E-state index contributed by atoms with van der Waals surface area (Å²) in [4.78, 5) is 24.3. The molecule has 3 aromatic rings. The van der Waals surface area contributed by atoms with E-state index in [0.717, 1.165) is 30.4 Å². The molecule has 0 saturated heterocycles. The fourth-order valence-electron chi connectivity index (χ4n) is 4.60. The number of hydrogen-bond donors (Lipinski definition) is 0. The molecule has 0 N–H and O–H groups in total. The van der Waals surface area contributed by atoms with E-state index < -0.39 is 0 Å². The molecule has 1 heterocycles. The Kier molecular flexibility index (Phi) is 7.03. The Balaban J connectivity index is 1.41. The van der Waals surface area contributed by atoms with Crippen molar-refractivity contribution in [3.8, 4) is 11.4 Å². The van der Waals surface area contributed by atoms with Crippen molar-refractivity contribution < 1.29 is 19.1 Å². The molecule has 0 aliphatic heterocycles. The summed E-state index contributed by atoms with van der Waals surface area (Å²) in [5, 5.41) is 8.74. The van der Waals surface area contributed by atoms with E-state index in [9.17, 15) is 9.59 Å². The molecule has 1 aliphatic carbocycles. The summed E-state index contributed by atoms with van der Waals surface area (Å²) in [7, 11) is 0. The van der Waals surface area contributed by atoms with Gasteiger partial charge in [0.2, 0.25) is 0 Å². The van der Waals surface area contributed by atoms with E-state index in [1.807, 2.05) is 45.0 Å². The van der Waals surface area contributed by atoms with Gasteiger partial charge in [-0.1, -0.05) is 35.9 Å². The number of fused-ring (bicyclic) bond motifs is 1. The van der Waals surface area contributed by atoms with Gasteiger partial charge in [-0.05, 0) is 79.5 Å². The van der Waals surface area contributed by atoms with E-state index in [4.69, 9.17) is 21.1 Å². The number of nitrogens with zero attached hydrogens (tertiary/aromatic N) is 3. The molecule has 0 fully saturated rings. The average molecular weight is 482 g/mol. The average Bonchev–Trinajstić information content (AvgIpc) is 3.28. The third-order valence-electron chi connectivity index (χ3n) is 6.58. The zero-order chi connectivity index (χ0) is 24.4. The van der Waals surface area contributed by atoms with Crippen LogP contribution in [0.2, 0.25) is 5.02 Å². The summed E-state index contributed by atoms with van der Waals surface area (Å²) in [5.41, 5.74) is 5.81. The summed E-state index contributed by atoms with van der Waals surface area (Å²) in [6.45, 7) is 7.38. The van der Waals surface area contributed by atoms with Gasteiger partial charge < -0.3 is 9.47 Å². The van der Waals surface area contributed by atoms with Gasteiger partial charge in [0.15, 0.2) is 0 Å². The third-order valence-corrected chi connectivity index (χ3v) is 6.90. The van der Waals surface area contributed by atoms with Crippen LogP contribution in [-0.4, -0.2) is 26.9 Å². The second-order valence-corrected chi connectivity index (χ2v) is 9.28. The van der Waals surface area contributed by atoms with Crippen LogP contribution in [0.5, 0.6) is 5.75 Å². The zero-order valence-electron chi connectivity index (χ0n) is 19.8. The number of carbonyl (C=O) groups excluding carboxylic acids is 2. The Morgan fingerprint density at radius 1 is 1.24 bits per heavy atom. The summed E-state index contributed by atoms with van der Waals surface area (Å²) in [5.74, 6) is -0.126. The number of ether oxygens (including phenoxy) is 2. The van der Waals surface area contributed by atoms with Crippen molar-refractivity contribution in [3.63, 3.8) is 0 Å². The summed E-state index contributed by atoms with van der Waals surface area (Å²) in [6, 6.07) is 9.26. The third kappa shape index (κ3) is 4.99. The lowest BCUT2D eigenvalue weighted by Gasteiger charge is -2.31. The van der Waals surface area contributed by atoms with E-state index in [2.05, 4.69) is 10.3 Å². The standard InChI is InChI=1S/C26H28ClN3O4/c1-15-11-25(34-18(4)31)17(3)22-12-19(9-10-21(15)22)16(2)26(32)33-14-20-13-30(29-28-20)24-8-6-5-7-23(24)27/h5-8,11,13,16,19H,9-10,12,14H2,1-4H3/t16-,19-/m1/s1. The minimum atomic E-state index is -0.335. The number of rotatable bonds is 6. The lowest BCUT2D eigenvalue weighted by molar-refractivity contribution is -0.151. The smallest absolute Gasteiger partial charge is 0.309 e. The monoisotopic (exact) mass is 481 g/mol. The molecule has 2 aromatic carbocycles. The first kappa shape index (κ1) is 24.0. The van der Waals surface area contributed by atoms with Crippen molar-refractivity contribution in [2.45, 2.75) is 53.6 Å². The van der Waals surface area contributed by atoms with Gasteiger partial charge in [-0.15, -0.1) is 5.10 Å². The number of aryl methyl sites for hydroxylation is 1. The number of aromatic nitrogens is 3. The summed E-state index contributed by atoms with van der Waals surface area (Å²) < 4.78 is 12.6. The maximum atomic E-state index is 12.9. The molecule has 1 aliphatic rings. The first-order valence-corrected chi connectivity index (χ1v) is 11.8. The van der Waals surface area contributed by atoms with Crippen LogP contribution in [0.25, 0.3) is 5.69 Å². The second-order valence-electron chi connectivity index (χ2n) is 8.87. The Hall–Kier alpha value is -3.19. The van der Waals surface area contributed by atoms with Gasteiger partial charge in [-0.3, -0.25) is 9.59 Å². The minimum Gasteiger partial charge on any atom is -0.459 e. The zero-order valence-corrected chi connectivity index (χ0v) is 20.6. The van der Waals surface area contributed by atoms with Gasteiger partial charge in [0, 0.05) is 6.92 Å². The number of carbonyl (C=O) groups is 2. The molecule has 0 amide bonds. The maximum absolute atomic E-state index is 12.9. The highest BCUT2D eigenvalue weighted by atomic mass is 35.5. The van der Waals surface area contributed by atoms with E-state index in [1.54, 1.807) is 16.9 Å². The molecular weight excluding hydrogens is 454 g/mol. The Labute approximate surface area is 204 Å². The first-order chi connectivity index (χ1) is 16.2. The number of halogens is 1. The fourth-order valence-corrected chi connectivity index (χ4v) is 4.82. The molecule has 7 nitrogen and oxygen atoms in total. The molecular formula is C26H28ClN3O4. The quantitative estimate of drug-likeness (QED) is 0.366. The van der Waals surface area contributed by atoms with E-state index in [0.29, 0.717) is 22.2 Å². The highest BCUT2D eigenvalue weighted by Crippen LogP contribution is 2.38. The topological polar surface area (TPSA) is 83.3 Å². The summed E-state index contributed by atoms with van der Waals surface area (Å²) in [6.07, 6.45) is 4.24. The van der Waals surface area contributed by atoms with Crippen molar-refractivity contribution in [2.24, 2.45) is 11.8 Å². The molecule has 0 saturated carbocycles. The highest BCUT2D eigenvalue weighted by molar-refractivity contribution is 6.32. The largest absolute Gasteiger partial charge is 0.459 e. The van der Waals surface area contributed by atoms with Crippen molar-refractivity contribution in [3.05, 3.63) is 69.5 Å². The molecule has 8 heteroatoms. The molecule has 178 valence electrons. The lowest BCUT2D eigenvalue weighted by atomic mass is 9.75. The van der Waals surface area contributed by atoms with Gasteiger partial charge in [-0.2, -0.15) is 0 Å². The Bertz CT molecular complexity index is 1240. The number of benzene rings is 2. The van der Waals surface area contributed by atoms with E-state index >= 15 is 0 Å². The van der Waals surface area contributed by atoms with Crippen molar-refractivity contribution in [2.75, 3.05) is 0 Å². The molecule has 0 spiro atoms. The van der Waals surface area contributed by atoms with Gasteiger partial charge >= 0.3 is 11.9 Å². The van der Waals surface area contributed by atoms with Gasteiger partial charge in [0.25, 0.3) is 0 Å². The van der Waals surface area contributed by atoms with Crippen LogP contribution in [0.15, 0.2) is 36.5 Å². The van der Waals surface area contributed by atoms with Crippen LogP contribution in [0.1, 0.15) is 48.2 Å². The van der Waals surface area contributed by atoms with Crippen molar-refractivity contribution >= 4 is 23.5 Å². The van der Waals surface area contributed by atoms with Gasteiger partial charge in [-0.25, -0.2) is 4.68 Å². The Morgan fingerprint density at radius 2 is 2.00 bits per heavy atom. The fraction of sp³-hybridized carbons (Fsp3) is 0.385. The predicted octanol–water partition coefficient (Wildman–Crippen LogP) is 4.95. The normalized spacial score (nSPS) is 16.0. The van der Waals surface area contributed by atoms with Crippen LogP contribution >= 0.6 is 11.6 Å². The SMILES string of the molecule is CC(=O)Oc1cc(C)c2c(c1C)C[C@H]([C@@H](C)C(=O)OCc1cn(-c3ccccc3Cl)nn1)CC2. The van der Waals surface area contributed by atoms with E-state index in [1.165, 1.54) is 18.1 Å². The second kappa shape index (κ2) is 9.97. The van der Waals surface area contributed by atoms with Crippen LogP contribution in [-0.2, 0) is 33.8 Å². The van der Waals surface area contributed by atoms with Crippen LogP contribution in [0, 0.1) is 25.7 Å². The van der Waals surface area contributed by atoms with Crippen molar-refractivity contribution in [1.82, 2.24) is 15.0 Å². The van der Waals surface area contributed by atoms with Crippen LogP contribution in [0.4, 0.5) is 0 Å². The van der Waals surface area contributed by atoms with Gasteiger partial charge in [0.1, 0.15) is 18.1 Å². The molecule has 0 radical (unpaired) electrons. The van der Waals surface area contributed by atoms with Crippen LogP contribution < -0.4 is 4.74 Å². The van der Waals surface area contributed by atoms with Crippen molar-refractivity contribution in [1.29, 1.82) is 0 Å². The molecule has 0 bridgehead atoms. The molecule has 34 heavy (non-hydrogen) atoms. The summed E-state index contributed by atoms with van der Waals surface area (Å²) >= 11 is 6.22. The first-order valence-electron chi connectivity index (χ1n) is 11.4. The highest BCUT2D eigenvalue weighted by Gasteiger charge is 2.31. The molecule has 4 rings (SSSR count). The number of esters is 2.